The molecule has 0 bridgehead atoms. The highest BCUT2D eigenvalue weighted by atomic mass is 32.1. The van der Waals surface area contributed by atoms with Crippen LogP contribution in [0, 0.1) is 6.92 Å². The summed E-state index contributed by atoms with van der Waals surface area (Å²) in [5.41, 5.74) is 0. The molecule has 0 amide bonds. The van der Waals surface area contributed by atoms with E-state index < -0.39 is 0 Å². The Morgan fingerprint density at radius 3 is 2.58 bits per heavy atom. The van der Waals surface area contributed by atoms with E-state index in [1.165, 1.54) is 30.8 Å². The zero-order chi connectivity index (χ0) is 8.39. The summed E-state index contributed by atoms with van der Waals surface area (Å²) in [4.78, 5) is 6.71. The lowest BCUT2D eigenvalue weighted by Crippen LogP contribution is -2.29. The SMILES string of the molecule is Cc1nsc(N2CCCCC2)n1. The Morgan fingerprint density at radius 2 is 2.00 bits per heavy atom. The lowest BCUT2D eigenvalue weighted by molar-refractivity contribution is 0.576. The second kappa shape index (κ2) is 3.39. The molecule has 1 fully saturated rings. The summed E-state index contributed by atoms with van der Waals surface area (Å²) in [5.74, 6) is 0.903. The Morgan fingerprint density at radius 1 is 1.25 bits per heavy atom. The first-order valence-corrected chi connectivity index (χ1v) is 5.19. The largest absolute Gasteiger partial charge is 0.347 e. The van der Waals surface area contributed by atoms with Gasteiger partial charge in [-0.1, -0.05) is 0 Å². The monoisotopic (exact) mass is 183 g/mol. The zero-order valence-corrected chi connectivity index (χ0v) is 8.10. The maximum atomic E-state index is 4.37. The van der Waals surface area contributed by atoms with Crippen LogP contribution in [0.3, 0.4) is 0 Å². The molecule has 2 heterocycles. The van der Waals surface area contributed by atoms with E-state index >= 15 is 0 Å². The van der Waals surface area contributed by atoms with Crippen LogP contribution in [0.25, 0.3) is 0 Å². The van der Waals surface area contributed by atoms with E-state index in [1.54, 1.807) is 0 Å². The van der Waals surface area contributed by atoms with Crippen molar-refractivity contribution in [2.75, 3.05) is 18.0 Å². The van der Waals surface area contributed by atoms with Crippen molar-refractivity contribution in [2.24, 2.45) is 0 Å². The lowest BCUT2D eigenvalue weighted by Gasteiger charge is -2.25. The Bertz CT molecular complexity index is 253. The molecule has 2 rings (SSSR count). The van der Waals surface area contributed by atoms with Crippen LogP contribution in [-0.4, -0.2) is 22.4 Å². The molecule has 1 aromatic rings. The van der Waals surface area contributed by atoms with Crippen molar-refractivity contribution in [3.8, 4) is 0 Å². The molecule has 0 aromatic carbocycles. The average molecular weight is 183 g/mol. The third kappa shape index (κ3) is 1.58. The first-order valence-electron chi connectivity index (χ1n) is 4.41. The molecule has 1 aromatic heterocycles. The number of anilines is 1. The maximum Gasteiger partial charge on any atom is 0.205 e. The van der Waals surface area contributed by atoms with Crippen LogP contribution in [0.2, 0.25) is 0 Å². The summed E-state index contributed by atoms with van der Waals surface area (Å²) < 4.78 is 4.18. The minimum atomic E-state index is 0.903. The van der Waals surface area contributed by atoms with E-state index in [2.05, 4.69) is 14.3 Å². The third-order valence-corrected chi connectivity index (χ3v) is 3.01. The molecule has 0 atom stereocenters. The fourth-order valence-corrected chi connectivity index (χ4v) is 2.23. The highest BCUT2D eigenvalue weighted by molar-refractivity contribution is 7.09. The van der Waals surface area contributed by atoms with Crippen molar-refractivity contribution in [2.45, 2.75) is 26.2 Å². The molecule has 66 valence electrons. The molecule has 3 nitrogen and oxygen atoms in total. The van der Waals surface area contributed by atoms with Gasteiger partial charge in [0.2, 0.25) is 5.13 Å². The van der Waals surface area contributed by atoms with Gasteiger partial charge in [0.05, 0.1) is 0 Å². The van der Waals surface area contributed by atoms with Gasteiger partial charge >= 0.3 is 0 Å². The predicted molar refractivity (Wildman–Crippen MR) is 50.7 cm³/mol. The summed E-state index contributed by atoms with van der Waals surface area (Å²) >= 11 is 1.52. The molecule has 0 aliphatic carbocycles. The number of nitrogens with zero attached hydrogens (tertiary/aromatic N) is 3. The standard InChI is InChI=1S/C8H13N3S/c1-7-9-8(12-10-7)11-5-3-2-4-6-11/h2-6H2,1H3. The van der Waals surface area contributed by atoms with Crippen LogP contribution in [0.15, 0.2) is 0 Å². The van der Waals surface area contributed by atoms with Gasteiger partial charge < -0.3 is 4.90 Å². The minimum Gasteiger partial charge on any atom is -0.347 e. The summed E-state index contributed by atoms with van der Waals surface area (Å²) in [7, 11) is 0. The fraction of sp³-hybridized carbons (Fsp3) is 0.750. The van der Waals surface area contributed by atoms with Gasteiger partial charge in [-0.15, -0.1) is 0 Å². The van der Waals surface area contributed by atoms with Gasteiger partial charge in [0.25, 0.3) is 0 Å². The number of piperidine rings is 1. The average Bonchev–Trinajstić information content (AvgIpc) is 2.54. The summed E-state index contributed by atoms with van der Waals surface area (Å²) in [6.45, 7) is 4.27. The molecule has 1 saturated heterocycles. The summed E-state index contributed by atoms with van der Waals surface area (Å²) in [5, 5.41) is 1.10. The van der Waals surface area contributed by atoms with Crippen molar-refractivity contribution in [3.05, 3.63) is 5.82 Å². The zero-order valence-electron chi connectivity index (χ0n) is 7.29. The topological polar surface area (TPSA) is 29.0 Å². The van der Waals surface area contributed by atoms with Crippen molar-refractivity contribution < 1.29 is 0 Å². The highest BCUT2D eigenvalue weighted by Crippen LogP contribution is 2.20. The molecule has 12 heavy (non-hydrogen) atoms. The van der Waals surface area contributed by atoms with Gasteiger partial charge in [-0.05, 0) is 26.2 Å². The molecule has 0 unspecified atom stereocenters. The normalized spacial score (nSPS) is 18.2. The second-order valence-electron chi connectivity index (χ2n) is 3.17. The van der Waals surface area contributed by atoms with Gasteiger partial charge in [-0.25, -0.2) is 4.98 Å². The maximum absolute atomic E-state index is 4.37. The van der Waals surface area contributed by atoms with Crippen molar-refractivity contribution in [3.63, 3.8) is 0 Å². The van der Waals surface area contributed by atoms with Crippen molar-refractivity contribution >= 4 is 16.7 Å². The van der Waals surface area contributed by atoms with Crippen LogP contribution in [0.1, 0.15) is 25.1 Å². The van der Waals surface area contributed by atoms with Gasteiger partial charge in [-0.2, -0.15) is 4.37 Å². The Balaban J connectivity index is 2.08. The molecule has 0 N–H and O–H groups in total. The van der Waals surface area contributed by atoms with E-state index in [9.17, 15) is 0 Å². The molecule has 1 aliphatic rings. The number of rotatable bonds is 1. The van der Waals surface area contributed by atoms with Crippen molar-refractivity contribution in [1.29, 1.82) is 0 Å². The van der Waals surface area contributed by atoms with Gasteiger partial charge in [0, 0.05) is 24.6 Å². The Kier molecular flexibility index (Phi) is 2.26. The van der Waals surface area contributed by atoms with Gasteiger partial charge in [-0.3, -0.25) is 0 Å². The first-order chi connectivity index (χ1) is 5.86. The van der Waals surface area contributed by atoms with Crippen LogP contribution >= 0.6 is 11.5 Å². The molecular formula is C8H13N3S. The molecule has 0 saturated carbocycles. The van der Waals surface area contributed by atoms with E-state index in [-0.39, 0.29) is 0 Å². The van der Waals surface area contributed by atoms with E-state index in [4.69, 9.17) is 0 Å². The Hall–Kier alpha value is -0.640. The molecular weight excluding hydrogens is 170 g/mol. The molecule has 4 heteroatoms. The van der Waals surface area contributed by atoms with Crippen LogP contribution in [-0.2, 0) is 0 Å². The van der Waals surface area contributed by atoms with E-state index in [1.807, 2.05) is 6.92 Å². The number of aromatic nitrogens is 2. The number of hydrogen-bond acceptors (Lipinski definition) is 4. The number of hydrogen-bond donors (Lipinski definition) is 0. The molecule has 1 aliphatic heterocycles. The number of aryl methyl sites for hydroxylation is 1. The van der Waals surface area contributed by atoms with Gasteiger partial charge in [0.15, 0.2) is 0 Å². The van der Waals surface area contributed by atoms with E-state index in [0.717, 1.165) is 24.0 Å². The second-order valence-corrected chi connectivity index (χ2v) is 3.90. The van der Waals surface area contributed by atoms with Crippen LogP contribution in [0.5, 0.6) is 0 Å². The summed E-state index contributed by atoms with van der Waals surface area (Å²) in [6.07, 6.45) is 3.98. The smallest absolute Gasteiger partial charge is 0.205 e. The fourth-order valence-electron chi connectivity index (χ4n) is 1.50. The van der Waals surface area contributed by atoms with E-state index in [0.29, 0.717) is 0 Å². The molecule has 0 spiro atoms. The van der Waals surface area contributed by atoms with Crippen molar-refractivity contribution in [1.82, 2.24) is 9.36 Å². The first kappa shape index (κ1) is 7.98. The quantitative estimate of drug-likeness (QED) is 0.665. The predicted octanol–water partition coefficient (Wildman–Crippen LogP) is 1.84. The van der Waals surface area contributed by atoms with Crippen LogP contribution in [0.4, 0.5) is 5.13 Å². The highest BCUT2D eigenvalue weighted by Gasteiger charge is 2.13. The summed E-state index contributed by atoms with van der Waals surface area (Å²) in [6, 6.07) is 0. The lowest BCUT2D eigenvalue weighted by atomic mass is 10.1. The minimum absolute atomic E-state index is 0.903. The third-order valence-electron chi connectivity index (χ3n) is 2.14. The Labute approximate surface area is 76.6 Å². The van der Waals surface area contributed by atoms with Gasteiger partial charge in [0.1, 0.15) is 5.82 Å². The molecule has 0 radical (unpaired) electrons. The van der Waals surface area contributed by atoms with Crippen LogP contribution < -0.4 is 4.90 Å².